The second-order valence-corrected chi connectivity index (χ2v) is 7.19. The van der Waals surface area contributed by atoms with Crippen molar-refractivity contribution in [2.24, 2.45) is 10.9 Å². The summed E-state index contributed by atoms with van der Waals surface area (Å²) in [5.41, 5.74) is 2.19. The number of anilines is 1. The topological polar surface area (TPSA) is 74.8 Å². The molecule has 10 heteroatoms. The molecule has 0 aliphatic rings. The quantitative estimate of drug-likeness (QED) is 0.238. The molecule has 0 saturated carbocycles. The van der Waals surface area contributed by atoms with Gasteiger partial charge in [-0.25, -0.2) is 0 Å². The van der Waals surface area contributed by atoms with Gasteiger partial charge in [-0.1, -0.05) is 37.6 Å². The minimum atomic E-state index is -2.92. The Morgan fingerprint density at radius 1 is 1.10 bits per heavy atom. The Bertz CT molecular complexity index is 880. The van der Waals surface area contributed by atoms with E-state index in [0.29, 0.717) is 23.1 Å². The second-order valence-electron chi connectivity index (χ2n) is 6.75. The lowest BCUT2D eigenvalue weighted by Gasteiger charge is -2.15. The van der Waals surface area contributed by atoms with Crippen molar-refractivity contribution in [1.29, 1.82) is 0 Å². The molecular formula is C21H26ClF2IN4O2. The summed E-state index contributed by atoms with van der Waals surface area (Å²) in [6.07, 6.45) is 0. The van der Waals surface area contributed by atoms with Crippen molar-refractivity contribution in [1.82, 2.24) is 10.6 Å². The number of guanidine groups is 1. The Morgan fingerprint density at radius 3 is 2.32 bits per heavy atom. The number of carbonyl (C=O) groups is 1. The number of amides is 1. The van der Waals surface area contributed by atoms with Crippen LogP contribution in [0, 0.1) is 5.92 Å². The normalized spacial score (nSPS) is 11.2. The molecule has 2 rings (SSSR count). The van der Waals surface area contributed by atoms with E-state index in [4.69, 9.17) is 11.6 Å². The number of rotatable bonds is 8. The van der Waals surface area contributed by atoms with Crippen LogP contribution in [0.15, 0.2) is 47.5 Å². The Kier molecular flexibility index (Phi) is 11.5. The van der Waals surface area contributed by atoms with Gasteiger partial charge >= 0.3 is 6.61 Å². The third kappa shape index (κ3) is 9.26. The third-order valence-corrected chi connectivity index (χ3v) is 4.35. The highest BCUT2D eigenvalue weighted by Gasteiger charge is 2.11. The van der Waals surface area contributed by atoms with E-state index < -0.39 is 6.61 Å². The molecule has 6 nitrogen and oxygen atoms in total. The minimum absolute atomic E-state index is 0. The summed E-state index contributed by atoms with van der Waals surface area (Å²) in [6, 6.07) is 11.9. The van der Waals surface area contributed by atoms with Crippen LogP contribution < -0.4 is 20.7 Å². The summed E-state index contributed by atoms with van der Waals surface area (Å²) in [5, 5.41) is 9.44. The van der Waals surface area contributed by atoms with Gasteiger partial charge in [0.15, 0.2) is 5.96 Å². The molecule has 0 aliphatic heterocycles. The maximum atomic E-state index is 12.6. The number of carbonyl (C=O) groups excluding carboxylic acids is 1. The molecule has 31 heavy (non-hydrogen) atoms. The first-order valence-corrected chi connectivity index (χ1v) is 9.74. The first-order valence-electron chi connectivity index (χ1n) is 9.36. The van der Waals surface area contributed by atoms with Crippen molar-refractivity contribution < 1.29 is 18.3 Å². The van der Waals surface area contributed by atoms with Gasteiger partial charge in [-0.3, -0.25) is 9.79 Å². The van der Waals surface area contributed by atoms with E-state index in [9.17, 15) is 13.6 Å². The summed E-state index contributed by atoms with van der Waals surface area (Å²) < 4.78 is 29.7. The second kappa shape index (κ2) is 13.3. The molecule has 1 amide bonds. The van der Waals surface area contributed by atoms with Crippen LogP contribution >= 0.6 is 35.6 Å². The van der Waals surface area contributed by atoms with Crippen molar-refractivity contribution >= 4 is 53.1 Å². The maximum Gasteiger partial charge on any atom is 0.387 e. The Balaban J connectivity index is 0.00000480. The first kappa shape index (κ1) is 26.9. The molecule has 0 heterocycles. The van der Waals surface area contributed by atoms with Crippen molar-refractivity contribution in [3.8, 4) is 5.75 Å². The summed E-state index contributed by atoms with van der Waals surface area (Å²) in [7, 11) is 1.61. The van der Waals surface area contributed by atoms with Gasteiger partial charge in [0, 0.05) is 42.3 Å². The summed E-state index contributed by atoms with van der Waals surface area (Å²) in [5.74, 6) is 0.403. The lowest BCUT2D eigenvalue weighted by molar-refractivity contribution is -0.118. The van der Waals surface area contributed by atoms with Crippen LogP contribution in [0.1, 0.15) is 25.0 Å². The lowest BCUT2D eigenvalue weighted by Crippen LogP contribution is -2.36. The van der Waals surface area contributed by atoms with E-state index in [0.717, 1.165) is 11.3 Å². The Labute approximate surface area is 202 Å². The number of benzene rings is 2. The van der Waals surface area contributed by atoms with Crippen LogP contribution in [0.2, 0.25) is 5.02 Å². The Hall–Kier alpha value is -2.14. The summed E-state index contributed by atoms with van der Waals surface area (Å²) in [6.45, 7) is 1.42. The molecule has 0 fully saturated rings. The number of hydrogen-bond donors (Lipinski definition) is 3. The fourth-order valence-electron chi connectivity index (χ4n) is 2.47. The molecule has 0 unspecified atom stereocenters. The zero-order valence-electron chi connectivity index (χ0n) is 17.4. The molecule has 170 valence electrons. The molecular weight excluding hydrogens is 541 g/mol. The van der Waals surface area contributed by atoms with Crippen molar-refractivity contribution in [3.63, 3.8) is 0 Å². The van der Waals surface area contributed by atoms with Crippen LogP contribution in [0.4, 0.5) is 14.5 Å². The SMILES string of the molecule is CN=C(NCc1ccc(NC(=O)C(C)C)cc1)NCc1cc(Cl)ccc1OC(F)F.I. The van der Waals surface area contributed by atoms with Crippen LogP contribution in [-0.2, 0) is 17.9 Å². The Morgan fingerprint density at radius 2 is 1.74 bits per heavy atom. The molecule has 0 aromatic heterocycles. The predicted octanol–water partition coefficient (Wildman–Crippen LogP) is 5.02. The van der Waals surface area contributed by atoms with E-state index in [1.165, 1.54) is 12.1 Å². The maximum absolute atomic E-state index is 12.6. The van der Waals surface area contributed by atoms with Gasteiger partial charge in [-0.15, -0.1) is 24.0 Å². The highest BCUT2D eigenvalue weighted by Crippen LogP contribution is 2.24. The van der Waals surface area contributed by atoms with E-state index in [1.54, 1.807) is 13.1 Å². The van der Waals surface area contributed by atoms with Gasteiger partial charge in [-0.2, -0.15) is 8.78 Å². The van der Waals surface area contributed by atoms with Gasteiger partial charge in [0.05, 0.1) is 0 Å². The molecule has 0 spiro atoms. The van der Waals surface area contributed by atoms with Crippen LogP contribution in [0.25, 0.3) is 0 Å². The fraction of sp³-hybridized carbons (Fsp3) is 0.333. The number of alkyl halides is 2. The number of nitrogens with one attached hydrogen (secondary N) is 3. The molecule has 0 bridgehead atoms. The fourth-order valence-corrected chi connectivity index (χ4v) is 2.67. The smallest absolute Gasteiger partial charge is 0.387 e. The summed E-state index contributed by atoms with van der Waals surface area (Å²) >= 11 is 5.96. The monoisotopic (exact) mass is 566 g/mol. The molecule has 0 radical (unpaired) electrons. The van der Waals surface area contributed by atoms with E-state index in [1.807, 2.05) is 38.1 Å². The van der Waals surface area contributed by atoms with Gasteiger partial charge in [0.2, 0.25) is 5.91 Å². The van der Waals surface area contributed by atoms with E-state index >= 15 is 0 Å². The molecule has 2 aromatic rings. The number of hydrogen-bond acceptors (Lipinski definition) is 3. The molecule has 2 aromatic carbocycles. The van der Waals surface area contributed by atoms with Crippen LogP contribution in [0.5, 0.6) is 5.75 Å². The highest BCUT2D eigenvalue weighted by atomic mass is 127. The standard InChI is InChI=1S/C21H25ClF2N4O2.HI/c1-13(2)19(29)28-17-7-4-14(5-8-17)11-26-21(25-3)27-12-15-10-16(22)6-9-18(15)30-20(23)24;/h4-10,13,20H,11-12H2,1-3H3,(H,28,29)(H2,25,26,27);1H. The number of halogens is 4. The van der Waals surface area contributed by atoms with Gasteiger partial charge in [0.25, 0.3) is 0 Å². The van der Waals surface area contributed by atoms with E-state index in [2.05, 4.69) is 25.7 Å². The average Bonchev–Trinajstić information content (AvgIpc) is 2.70. The molecule has 0 saturated heterocycles. The van der Waals surface area contributed by atoms with Gasteiger partial charge in [0.1, 0.15) is 5.75 Å². The number of ether oxygens (including phenoxy) is 1. The zero-order chi connectivity index (χ0) is 22.1. The minimum Gasteiger partial charge on any atom is -0.434 e. The van der Waals surface area contributed by atoms with Crippen molar-refractivity contribution in [2.45, 2.75) is 33.5 Å². The van der Waals surface area contributed by atoms with Crippen LogP contribution in [0.3, 0.4) is 0 Å². The molecule has 0 aliphatic carbocycles. The summed E-state index contributed by atoms with van der Waals surface area (Å²) in [4.78, 5) is 15.9. The first-order chi connectivity index (χ1) is 14.3. The van der Waals surface area contributed by atoms with Gasteiger partial charge in [-0.05, 0) is 35.9 Å². The zero-order valence-corrected chi connectivity index (χ0v) is 20.5. The van der Waals surface area contributed by atoms with E-state index in [-0.39, 0.29) is 48.1 Å². The third-order valence-electron chi connectivity index (χ3n) is 4.11. The predicted molar refractivity (Wildman–Crippen MR) is 130 cm³/mol. The van der Waals surface area contributed by atoms with Gasteiger partial charge < -0.3 is 20.7 Å². The molecule has 0 atom stereocenters. The lowest BCUT2D eigenvalue weighted by atomic mass is 10.1. The highest BCUT2D eigenvalue weighted by molar-refractivity contribution is 14.0. The van der Waals surface area contributed by atoms with Crippen molar-refractivity contribution in [3.05, 3.63) is 58.6 Å². The average molecular weight is 567 g/mol. The number of nitrogens with zero attached hydrogens (tertiary/aromatic N) is 1. The largest absolute Gasteiger partial charge is 0.434 e. The van der Waals surface area contributed by atoms with Crippen molar-refractivity contribution in [2.75, 3.05) is 12.4 Å². The number of aliphatic imine (C=N–C) groups is 1. The molecule has 3 N–H and O–H groups in total. The van der Waals surface area contributed by atoms with Crippen LogP contribution in [-0.4, -0.2) is 25.5 Å².